The summed E-state index contributed by atoms with van der Waals surface area (Å²) in [6, 6.07) is 6.72. The van der Waals surface area contributed by atoms with Gasteiger partial charge in [0.25, 0.3) is 5.91 Å². The van der Waals surface area contributed by atoms with Crippen LogP contribution in [-0.4, -0.2) is 41.0 Å². The van der Waals surface area contributed by atoms with Gasteiger partial charge < -0.3 is 10.2 Å². The van der Waals surface area contributed by atoms with E-state index >= 15 is 0 Å². The molecule has 5 nitrogen and oxygen atoms in total. The van der Waals surface area contributed by atoms with E-state index in [4.69, 9.17) is 11.6 Å². The number of halogens is 1. The van der Waals surface area contributed by atoms with Crippen molar-refractivity contribution in [3.63, 3.8) is 0 Å². The van der Waals surface area contributed by atoms with Gasteiger partial charge in [-0.15, -0.1) is 0 Å². The van der Waals surface area contributed by atoms with Crippen molar-refractivity contribution in [3.05, 3.63) is 29.3 Å². The Morgan fingerprint density at radius 1 is 1.26 bits per heavy atom. The lowest BCUT2D eigenvalue weighted by Crippen LogP contribution is -2.37. The van der Waals surface area contributed by atoms with Crippen LogP contribution in [0.4, 0.5) is 10.5 Å². The van der Waals surface area contributed by atoms with Crippen molar-refractivity contribution in [1.82, 2.24) is 9.80 Å². The van der Waals surface area contributed by atoms with Crippen molar-refractivity contribution in [1.29, 1.82) is 0 Å². The number of benzene rings is 1. The molecular formula is C13H14ClN3O2. The van der Waals surface area contributed by atoms with Crippen molar-refractivity contribution in [2.75, 3.05) is 18.5 Å². The predicted molar refractivity (Wildman–Crippen MR) is 71.9 cm³/mol. The summed E-state index contributed by atoms with van der Waals surface area (Å²) in [5.74, 6) is -0.0936. The molecule has 2 heterocycles. The van der Waals surface area contributed by atoms with Crippen LogP contribution in [0.2, 0.25) is 5.02 Å². The Hall–Kier alpha value is -1.75. The summed E-state index contributed by atoms with van der Waals surface area (Å²) in [5, 5.41) is 3.72. The minimum Gasteiger partial charge on any atom is -0.367 e. The molecule has 0 saturated carbocycles. The van der Waals surface area contributed by atoms with Gasteiger partial charge in [-0.05, 0) is 37.1 Å². The number of hydrogen-bond donors (Lipinski definition) is 1. The van der Waals surface area contributed by atoms with E-state index in [2.05, 4.69) is 5.32 Å². The largest absolute Gasteiger partial charge is 0.367 e. The van der Waals surface area contributed by atoms with E-state index in [9.17, 15) is 9.59 Å². The van der Waals surface area contributed by atoms with Gasteiger partial charge in [0.05, 0.1) is 6.67 Å². The van der Waals surface area contributed by atoms with Crippen LogP contribution < -0.4 is 5.32 Å². The molecule has 100 valence electrons. The lowest BCUT2D eigenvalue weighted by atomic mass is 10.2. The molecule has 1 aromatic carbocycles. The van der Waals surface area contributed by atoms with Crippen LogP contribution in [0.25, 0.3) is 0 Å². The Morgan fingerprint density at radius 2 is 2.00 bits per heavy atom. The minimum atomic E-state index is -0.237. The summed E-state index contributed by atoms with van der Waals surface area (Å²) >= 11 is 5.80. The zero-order chi connectivity index (χ0) is 13.4. The van der Waals surface area contributed by atoms with Gasteiger partial charge in [-0.25, -0.2) is 9.69 Å². The Balaban J connectivity index is 1.66. The van der Waals surface area contributed by atoms with E-state index in [0.717, 1.165) is 18.5 Å². The van der Waals surface area contributed by atoms with Crippen molar-refractivity contribution in [2.45, 2.75) is 18.9 Å². The SMILES string of the molecule is O=C1[C@@H]2CCCN2C(=O)N1CNc1ccc(Cl)cc1. The Kier molecular flexibility index (Phi) is 3.06. The molecule has 1 aromatic rings. The molecule has 0 unspecified atom stereocenters. The summed E-state index contributed by atoms with van der Waals surface area (Å²) in [7, 11) is 0. The van der Waals surface area contributed by atoms with Crippen molar-refractivity contribution in [3.8, 4) is 0 Å². The summed E-state index contributed by atoms with van der Waals surface area (Å²) in [6.07, 6.45) is 1.70. The molecule has 0 aliphatic carbocycles. The predicted octanol–water partition coefficient (Wildman–Crippen LogP) is 2.14. The maximum atomic E-state index is 12.1. The molecule has 2 saturated heterocycles. The zero-order valence-electron chi connectivity index (χ0n) is 10.3. The summed E-state index contributed by atoms with van der Waals surface area (Å²) in [6.45, 7) is 0.888. The number of anilines is 1. The van der Waals surface area contributed by atoms with Crippen molar-refractivity contribution in [2.24, 2.45) is 0 Å². The molecular weight excluding hydrogens is 266 g/mol. The molecule has 0 spiro atoms. The molecule has 1 atom stereocenters. The Morgan fingerprint density at radius 3 is 2.68 bits per heavy atom. The minimum absolute atomic E-state index is 0.0936. The summed E-state index contributed by atoms with van der Waals surface area (Å²) in [5.41, 5.74) is 0.831. The van der Waals surface area contributed by atoms with Gasteiger partial charge in [0.1, 0.15) is 6.04 Å². The van der Waals surface area contributed by atoms with Crippen LogP contribution in [0, 0.1) is 0 Å². The third-order valence-electron chi connectivity index (χ3n) is 3.57. The number of hydrogen-bond acceptors (Lipinski definition) is 3. The molecule has 6 heteroatoms. The zero-order valence-corrected chi connectivity index (χ0v) is 11.1. The Bertz CT molecular complexity index is 495. The van der Waals surface area contributed by atoms with Gasteiger partial charge in [-0.2, -0.15) is 0 Å². The van der Waals surface area contributed by atoms with Gasteiger partial charge in [0.2, 0.25) is 0 Å². The molecule has 0 radical (unpaired) electrons. The van der Waals surface area contributed by atoms with E-state index in [1.807, 2.05) is 12.1 Å². The number of carbonyl (C=O) groups excluding carboxylic acids is 2. The second-order valence-corrected chi connectivity index (χ2v) is 5.18. The van der Waals surface area contributed by atoms with E-state index in [-0.39, 0.29) is 24.6 Å². The lowest BCUT2D eigenvalue weighted by molar-refractivity contribution is -0.127. The number of urea groups is 1. The first-order valence-electron chi connectivity index (χ1n) is 6.28. The van der Waals surface area contributed by atoms with Gasteiger partial charge in [-0.3, -0.25) is 4.79 Å². The molecule has 0 aromatic heterocycles. The van der Waals surface area contributed by atoms with Crippen LogP contribution in [-0.2, 0) is 4.79 Å². The average molecular weight is 280 g/mol. The number of nitrogens with zero attached hydrogens (tertiary/aromatic N) is 2. The third kappa shape index (κ3) is 2.14. The fourth-order valence-corrected chi connectivity index (χ4v) is 2.69. The molecule has 2 aliphatic heterocycles. The van der Waals surface area contributed by atoms with Crippen LogP contribution in [0.15, 0.2) is 24.3 Å². The normalized spacial score (nSPS) is 22.1. The first-order valence-corrected chi connectivity index (χ1v) is 6.66. The fourth-order valence-electron chi connectivity index (χ4n) is 2.57. The van der Waals surface area contributed by atoms with Crippen molar-refractivity contribution >= 4 is 29.2 Å². The van der Waals surface area contributed by atoms with Crippen LogP contribution in [0.1, 0.15) is 12.8 Å². The van der Waals surface area contributed by atoms with Crippen LogP contribution in [0.5, 0.6) is 0 Å². The number of nitrogens with one attached hydrogen (secondary N) is 1. The monoisotopic (exact) mass is 279 g/mol. The number of imide groups is 1. The molecule has 2 aliphatic rings. The summed E-state index contributed by atoms with van der Waals surface area (Å²) in [4.78, 5) is 27.1. The number of fused-ring (bicyclic) bond motifs is 1. The highest BCUT2D eigenvalue weighted by Gasteiger charge is 2.47. The molecule has 3 amide bonds. The molecule has 2 fully saturated rings. The molecule has 19 heavy (non-hydrogen) atoms. The number of rotatable bonds is 3. The Labute approximate surface area is 116 Å². The van der Waals surface area contributed by atoms with E-state index in [0.29, 0.717) is 11.6 Å². The van der Waals surface area contributed by atoms with Crippen molar-refractivity contribution < 1.29 is 9.59 Å². The number of carbonyl (C=O) groups is 2. The van der Waals surface area contributed by atoms with Gasteiger partial charge in [0, 0.05) is 17.3 Å². The quantitative estimate of drug-likeness (QED) is 0.863. The second-order valence-electron chi connectivity index (χ2n) is 4.74. The molecule has 0 bridgehead atoms. The van der Waals surface area contributed by atoms with Gasteiger partial charge in [0.15, 0.2) is 0 Å². The molecule has 3 rings (SSSR count). The van der Waals surface area contributed by atoms with E-state index in [1.165, 1.54) is 4.90 Å². The summed E-state index contributed by atoms with van der Waals surface area (Å²) < 4.78 is 0. The van der Waals surface area contributed by atoms with E-state index in [1.54, 1.807) is 17.0 Å². The highest BCUT2D eigenvalue weighted by molar-refractivity contribution is 6.30. The third-order valence-corrected chi connectivity index (χ3v) is 3.82. The average Bonchev–Trinajstić information content (AvgIpc) is 2.96. The second kappa shape index (κ2) is 4.74. The van der Waals surface area contributed by atoms with Crippen LogP contribution in [0.3, 0.4) is 0 Å². The standard InChI is InChI=1S/C13H14ClN3O2/c14-9-3-5-10(6-4-9)15-8-17-12(18)11-2-1-7-16(11)13(17)19/h3-6,11,15H,1-2,7-8H2/t11-/m0/s1. The maximum Gasteiger partial charge on any atom is 0.328 e. The first kappa shape index (κ1) is 12.3. The number of amides is 3. The highest BCUT2D eigenvalue weighted by Crippen LogP contribution is 2.27. The maximum absolute atomic E-state index is 12.1. The highest BCUT2D eigenvalue weighted by atomic mass is 35.5. The van der Waals surface area contributed by atoms with Gasteiger partial charge >= 0.3 is 6.03 Å². The van der Waals surface area contributed by atoms with E-state index < -0.39 is 0 Å². The smallest absolute Gasteiger partial charge is 0.328 e. The lowest BCUT2D eigenvalue weighted by Gasteiger charge is -2.16. The fraction of sp³-hybridized carbons (Fsp3) is 0.385. The first-order chi connectivity index (χ1) is 9.16. The topological polar surface area (TPSA) is 52.7 Å². The van der Waals surface area contributed by atoms with Gasteiger partial charge in [-0.1, -0.05) is 11.6 Å². The molecule has 1 N–H and O–H groups in total. The van der Waals surface area contributed by atoms with Crippen LogP contribution >= 0.6 is 11.6 Å².